The van der Waals surface area contributed by atoms with Gasteiger partial charge in [-0.25, -0.2) is 0 Å². The lowest BCUT2D eigenvalue weighted by Gasteiger charge is -2.20. The number of thiocarbonyl (C=S) groups is 1. The minimum absolute atomic E-state index is 0.160. The van der Waals surface area contributed by atoms with Gasteiger partial charge in [-0.15, -0.1) is 0 Å². The first-order valence-electron chi connectivity index (χ1n) is 6.33. The summed E-state index contributed by atoms with van der Waals surface area (Å²) in [4.78, 5) is 13.9. The number of nitriles is 1. The van der Waals surface area contributed by atoms with Gasteiger partial charge < -0.3 is 10.2 Å². The Bertz CT molecular complexity index is 521. The highest BCUT2D eigenvalue weighted by atomic mass is 32.2. The lowest BCUT2D eigenvalue weighted by atomic mass is 10.2. The van der Waals surface area contributed by atoms with E-state index in [9.17, 15) is 4.79 Å². The lowest BCUT2D eigenvalue weighted by molar-refractivity contribution is -0.113. The van der Waals surface area contributed by atoms with Crippen LogP contribution in [0.25, 0.3) is 0 Å². The summed E-state index contributed by atoms with van der Waals surface area (Å²) < 4.78 is 0.721. The number of hydrogen-bond donors (Lipinski definition) is 1. The smallest absolute Gasteiger partial charge is 0.234 e. The van der Waals surface area contributed by atoms with Gasteiger partial charge in [-0.3, -0.25) is 4.79 Å². The van der Waals surface area contributed by atoms with Crippen LogP contribution in [-0.4, -0.2) is 34.0 Å². The van der Waals surface area contributed by atoms with Crippen LogP contribution in [0.3, 0.4) is 0 Å². The fourth-order valence-corrected chi connectivity index (χ4v) is 2.78. The van der Waals surface area contributed by atoms with Crippen LogP contribution in [0.15, 0.2) is 24.3 Å². The topological polar surface area (TPSA) is 56.1 Å². The molecular formula is C14H17N3OS2. The van der Waals surface area contributed by atoms with Gasteiger partial charge >= 0.3 is 0 Å². The highest BCUT2D eigenvalue weighted by Crippen LogP contribution is 2.15. The Morgan fingerprint density at radius 2 is 2.05 bits per heavy atom. The van der Waals surface area contributed by atoms with Crippen LogP contribution >= 0.6 is 24.0 Å². The molecule has 0 aliphatic rings. The minimum atomic E-state index is -0.160. The zero-order valence-electron chi connectivity index (χ0n) is 11.5. The Morgan fingerprint density at radius 1 is 1.40 bits per heavy atom. The van der Waals surface area contributed by atoms with Crippen molar-refractivity contribution in [3.05, 3.63) is 29.8 Å². The Kier molecular flexibility index (Phi) is 7.05. The molecule has 0 aliphatic carbocycles. The zero-order valence-corrected chi connectivity index (χ0v) is 13.2. The molecule has 1 amide bonds. The highest BCUT2D eigenvalue weighted by molar-refractivity contribution is 8.23. The molecule has 0 atom stereocenters. The van der Waals surface area contributed by atoms with E-state index in [1.165, 1.54) is 11.8 Å². The number of hydrogen-bond acceptors (Lipinski definition) is 4. The molecule has 0 radical (unpaired) electrons. The van der Waals surface area contributed by atoms with E-state index < -0.39 is 0 Å². The predicted molar refractivity (Wildman–Crippen MR) is 87.8 cm³/mol. The molecule has 0 saturated heterocycles. The fourth-order valence-electron chi connectivity index (χ4n) is 1.58. The second kappa shape index (κ2) is 8.56. The van der Waals surface area contributed by atoms with Crippen molar-refractivity contribution in [2.24, 2.45) is 0 Å². The zero-order chi connectivity index (χ0) is 15.0. The summed E-state index contributed by atoms with van der Waals surface area (Å²) in [6, 6.07) is 8.97. The molecule has 0 heterocycles. The number of rotatable bonds is 5. The van der Waals surface area contributed by atoms with Crippen LogP contribution in [0.2, 0.25) is 0 Å². The summed E-state index contributed by atoms with van der Waals surface area (Å²) >= 11 is 6.60. The Labute approximate surface area is 129 Å². The van der Waals surface area contributed by atoms with Gasteiger partial charge in [0, 0.05) is 13.1 Å². The second-order valence-electron chi connectivity index (χ2n) is 3.93. The first-order chi connectivity index (χ1) is 9.62. The van der Waals surface area contributed by atoms with E-state index in [0.29, 0.717) is 11.3 Å². The van der Waals surface area contributed by atoms with Gasteiger partial charge in [0.25, 0.3) is 0 Å². The van der Waals surface area contributed by atoms with E-state index in [4.69, 9.17) is 17.5 Å². The van der Waals surface area contributed by atoms with Crippen molar-refractivity contribution in [3.8, 4) is 6.07 Å². The quantitative estimate of drug-likeness (QED) is 0.848. The van der Waals surface area contributed by atoms with Gasteiger partial charge in [-0.2, -0.15) is 5.26 Å². The van der Waals surface area contributed by atoms with Gasteiger partial charge in [0.15, 0.2) is 0 Å². The van der Waals surface area contributed by atoms with E-state index in [2.05, 4.69) is 5.32 Å². The summed E-state index contributed by atoms with van der Waals surface area (Å²) in [6.45, 7) is 5.72. The van der Waals surface area contributed by atoms with E-state index in [1.807, 2.05) is 24.8 Å². The lowest BCUT2D eigenvalue weighted by Crippen LogP contribution is -2.28. The molecule has 6 heteroatoms. The van der Waals surface area contributed by atoms with Crippen LogP contribution < -0.4 is 5.32 Å². The van der Waals surface area contributed by atoms with Crippen molar-refractivity contribution in [2.75, 3.05) is 24.2 Å². The van der Waals surface area contributed by atoms with Crippen molar-refractivity contribution in [1.82, 2.24) is 4.90 Å². The Balaban J connectivity index is 2.53. The molecule has 4 nitrogen and oxygen atoms in total. The van der Waals surface area contributed by atoms with Gasteiger partial charge in [-0.05, 0) is 26.0 Å². The van der Waals surface area contributed by atoms with Crippen LogP contribution in [0, 0.1) is 11.3 Å². The molecule has 0 saturated carbocycles. The standard InChI is InChI=1S/C14H17N3OS2/c1-3-17(4-2)14(19)20-10-13(18)16-12-8-6-5-7-11(12)9-15/h5-8H,3-4,10H2,1-2H3,(H,16,18). The van der Waals surface area contributed by atoms with E-state index in [1.54, 1.807) is 24.3 Å². The molecule has 1 rings (SSSR count). The minimum Gasteiger partial charge on any atom is -0.358 e. The number of amides is 1. The van der Waals surface area contributed by atoms with Crippen LogP contribution in [0.5, 0.6) is 0 Å². The maximum absolute atomic E-state index is 11.9. The molecule has 1 aromatic carbocycles. The van der Waals surface area contributed by atoms with Gasteiger partial charge in [-0.1, -0.05) is 36.1 Å². The summed E-state index contributed by atoms with van der Waals surface area (Å²) in [7, 11) is 0. The molecule has 0 spiro atoms. The van der Waals surface area contributed by atoms with Crippen LogP contribution in [0.4, 0.5) is 5.69 Å². The molecule has 0 bridgehead atoms. The number of nitrogens with one attached hydrogen (secondary N) is 1. The van der Waals surface area contributed by atoms with E-state index in [0.717, 1.165) is 17.4 Å². The third-order valence-electron chi connectivity index (χ3n) is 2.67. The molecule has 106 valence electrons. The molecule has 1 N–H and O–H groups in total. The number of carbonyl (C=O) groups excluding carboxylic acids is 1. The molecule has 0 unspecified atom stereocenters. The maximum atomic E-state index is 11.9. The molecule has 1 aromatic rings. The highest BCUT2D eigenvalue weighted by Gasteiger charge is 2.10. The first kappa shape index (κ1) is 16.5. The Hall–Kier alpha value is -1.58. The van der Waals surface area contributed by atoms with Crippen molar-refractivity contribution in [3.63, 3.8) is 0 Å². The van der Waals surface area contributed by atoms with Gasteiger partial charge in [0.2, 0.25) is 5.91 Å². The SMILES string of the molecule is CCN(CC)C(=S)SCC(=O)Nc1ccccc1C#N. The molecule has 0 fully saturated rings. The maximum Gasteiger partial charge on any atom is 0.234 e. The number of para-hydroxylation sites is 1. The summed E-state index contributed by atoms with van der Waals surface area (Å²) in [5.41, 5.74) is 0.992. The fraction of sp³-hybridized carbons (Fsp3) is 0.357. The van der Waals surface area contributed by atoms with Crippen molar-refractivity contribution >= 4 is 39.9 Å². The first-order valence-corrected chi connectivity index (χ1v) is 7.72. The van der Waals surface area contributed by atoms with E-state index in [-0.39, 0.29) is 11.7 Å². The number of thioether (sulfide) groups is 1. The Morgan fingerprint density at radius 3 is 2.65 bits per heavy atom. The van der Waals surface area contributed by atoms with Gasteiger partial charge in [0.05, 0.1) is 17.0 Å². The third kappa shape index (κ3) is 4.83. The second-order valence-corrected chi connectivity index (χ2v) is 5.54. The van der Waals surface area contributed by atoms with Crippen molar-refractivity contribution < 1.29 is 4.79 Å². The number of anilines is 1. The van der Waals surface area contributed by atoms with Crippen LogP contribution in [0.1, 0.15) is 19.4 Å². The number of carbonyl (C=O) groups is 1. The largest absolute Gasteiger partial charge is 0.358 e. The van der Waals surface area contributed by atoms with E-state index >= 15 is 0 Å². The van der Waals surface area contributed by atoms with Gasteiger partial charge in [0.1, 0.15) is 10.4 Å². The molecule has 20 heavy (non-hydrogen) atoms. The molecular weight excluding hydrogens is 290 g/mol. The molecule has 0 aromatic heterocycles. The third-order valence-corrected chi connectivity index (χ3v) is 4.19. The monoisotopic (exact) mass is 307 g/mol. The van der Waals surface area contributed by atoms with Crippen molar-refractivity contribution in [1.29, 1.82) is 5.26 Å². The normalized spacial score (nSPS) is 9.65. The van der Waals surface area contributed by atoms with Crippen LogP contribution in [-0.2, 0) is 4.79 Å². The predicted octanol–water partition coefficient (Wildman–Crippen LogP) is 2.86. The average Bonchev–Trinajstić information content (AvgIpc) is 2.47. The van der Waals surface area contributed by atoms with Crippen molar-refractivity contribution in [2.45, 2.75) is 13.8 Å². The molecule has 0 aliphatic heterocycles. The summed E-state index contributed by atoms with van der Waals surface area (Å²) in [5.74, 6) is 0.0851. The number of benzene rings is 1. The summed E-state index contributed by atoms with van der Waals surface area (Å²) in [6.07, 6.45) is 0. The average molecular weight is 307 g/mol. The summed E-state index contributed by atoms with van der Waals surface area (Å²) in [5, 5.41) is 11.7. The number of nitrogens with zero attached hydrogens (tertiary/aromatic N) is 2.